The summed E-state index contributed by atoms with van der Waals surface area (Å²) < 4.78 is 5.35. The number of carbonyl (C=O) groups is 2. The van der Waals surface area contributed by atoms with E-state index in [9.17, 15) is 9.59 Å². The summed E-state index contributed by atoms with van der Waals surface area (Å²) in [6.45, 7) is 6.84. The first-order valence-corrected chi connectivity index (χ1v) is 9.60. The van der Waals surface area contributed by atoms with Gasteiger partial charge < -0.3 is 9.64 Å². The Morgan fingerprint density at radius 2 is 2.04 bits per heavy atom. The topological polar surface area (TPSA) is 75.6 Å². The van der Waals surface area contributed by atoms with Gasteiger partial charge in [-0.2, -0.15) is 0 Å². The Hall–Kier alpha value is -2.67. The summed E-state index contributed by atoms with van der Waals surface area (Å²) in [6, 6.07) is 6.35. The fourth-order valence-corrected chi connectivity index (χ4v) is 3.37. The van der Waals surface area contributed by atoms with Gasteiger partial charge in [0.2, 0.25) is 5.95 Å². The second-order valence-electron chi connectivity index (χ2n) is 6.92. The van der Waals surface area contributed by atoms with Gasteiger partial charge in [0.1, 0.15) is 0 Å². The number of aromatic nitrogens is 2. The fourth-order valence-electron chi connectivity index (χ4n) is 3.18. The van der Waals surface area contributed by atoms with Gasteiger partial charge in [-0.25, -0.2) is 14.8 Å². The van der Waals surface area contributed by atoms with Gasteiger partial charge in [0.25, 0.3) is 0 Å². The molecule has 1 aromatic heterocycles. The SMILES string of the molecule is CCOc1cnc(N2C[C@H](C(C)C)N(CC(=O)c3cccc(Cl)c3)C2=O)nc1. The van der Waals surface area contributed by atoms with E-state index in [4.69, 9.17) is 16.3 Å². The van der Waals surface area contributed by atoms with E-state index in [0.717, 1.165) is 0 Å². The van der Waals surface area contributed by atoms with Crippen LogP contribution in [0.3, 0.4) is 0 Å². The lowest BCUT2D eigenvalue weighted by atomic mass is 10.0. The minimum absolute atomic E-state index is 0.0183. The maximum Gasteiger partial charge on any atom is 0.327 e. The molecule has 0 unspecified atom stereocenters. The van der Waals surface area contributed by atoms with E-state index in [1.807, 2.05) is 20.8 Å². The molecule has 148 valence electrons. The van der Waals surface area contributed by atoms with Crippen LogP contribution in [-0.4, -0.2) is 52.4 Å². The van der Waals surface area contributed by atoms with E-state index >= 15 is 0 Å². The van der Waals surface area contributed by atoms with Crippen LogP contribution in [0.1, 0.15) is 31.1 Å². The molecule has 2 aromatic rings. The molecular formula is C20H23ClN4O3. The van der Waals surface area contributed by atoms with Crippen LogP contribution in [0, 0.1) is 5.92 Å². The Kier molecular flexibility index (Phi) is 6.14. The molecule has 28 heavy (non-hydrogen) atoms. The Morgan fingerprint density at radius 1 is 1.32 bits per heavy atom. The highest BCUT2D eigenvalue weighted by Crippen LogP contribution is 2.26. The van der Waals surface area contributed by atoms with Crippen LogP contribution in [0.4, 0.5) is 10.7 Å². The summed E-state index contributed by atoms with van der Waals surface area (Å²) in [4.78, 5) is 37.3. The predicted octanol–water partition coefficient (Wildman–Crippen LogP) is 3.68. The zero-order chi connectivity index (χ0) is 20.3. The van der Waals surface area contributed by atoms with E-state index in [-0.39, 0.29) is 30.3 Å². The number of rotatable bonds is 7. The Morgan fingerprint density at radius 3 is 2.64 bits per heavy atom. The summed E-state index contributed by atoms with van der Waals surface area (Å²) in [5, 5.41) is 0.489. The first-order valence-electron chi connectivity index (χ1n) is 9.22. The number of hydrogen-bond donors (Lipinski definition) is 0. The lowest BCUT2D eigenvalue weighted by Crippen LogP contribution is -2.41. The van der Waals surface area contributed by atoms with Crippen LogP contribution in [0.5, 0.6) is 5.75 Å². The molecule has 1 aromatic carbocycles. The van der Waals surface area contributed by atoms with Crippen molar-refractivity contribution in [2.75, 3.05) is 24.6 Å². The predicted molar refractivity (Wildman–Crippen MR) is 107 cm³/mol. The van der Waals surface area contributed by atoms with Crippen molar-refractivity contribution < 1.29 is 14.3 Å². The van der Waals surface area contributed by atoms with Gasteiger partial charge in [-0.3, -0.25) is 9.69 Å². The number of ether oxygens (including phenoxy) is 1. The Labute approximate surface area is 169 Å². The van der Waals surface area contributed by atoms with Crippen molar-refractivity contribution in [3.63, 3.8) is 0 Å². The number of Topliss-reactive ketones (excluding diaryl/α,β-unsaturated/α-hetero) is 1. The smallest absolute Gasteiger partial charge is 0.327 e. The Balaban J connectivity index is 1.80. The zero-order valence-electron chi connectivity index (χ0n) is 16.1. The molecule has 0 spiro atoms. The molecule has 2 heterocycles. The van der Waals surface area contributed by atoms with E-state index in [1.165, 1.54) is 4.90 Å². The van der Waals surface area contributed by atoms with Crippen LogP contribution in [0.2, 0.25) is 5.02 Å². The summed E-state index contributed by atoms with van der Waals surface area (Å²) in [5.74, 6) is 0.864. The first-order chi connectivity index (χ1) is 13.4. The van der Waals surface area contributed by atoms with Gasteiger partial charge in [0.05, 0.1) is 38.1 Å². The number of nitrogens with zero attached hydrogens (tertiary/aromatic N) is 4. The average molecular weight is 403 g/mol. The summed E-state index contributed by atoms with van der Waals surface area (Å²) in [7, 11) is 0. The number of amides is 2. The van der Waals surface area contributed by atoms with Crippen molar-refractivity contribution in [2.24, 2.45) is 5.92 Å². The number of halogens is 1. The van der Waals surface area contributed by atoms with Crippen LogP contribution < -0.4 is 9.64 Å². The second kappa shape index (κ2) is 8.56. The van der Waals surface area contributed by atoms with Crippen LogP contribution in [0.25, 0.3) is 0 Å². The maximum absolute atomic E-state index is 13.0. The summed E-state index contributed by atoms with van der Waals surface area (Å²) in [5.41, 5.74) is 0.485. The van der Waals surface area contributed by atoms with Gasteiger partial charge in [-0.15, -0.1) is 0 Å². The standard InChI is InChI=1S/C20H23ClN4O3/c1-4-28-16-9-22-19(23-10-16)25-11-17(13(2)3)24(20(25)27)12-18(26)14-6-5-7-15(21)8-14/h5-10,13,17H,4,11-12H2,1-3H3/t17-/m1/s1. The molecule has 0 aliphatic carbocycles. The van der Waals surface area contributed by atoms with Crippen molar-refractivity contribution in [3.8, 4) is 5.75 Å². The van der Waals surface area contributed by atoms with E-state index in [2.05, 4.69) is 9.97 Å². The number of hydrogen-bond acceptors (Lipinski definition) is 5. The number of urea groups is 1. The molecule has 0 saturated carbocycles. The molecule has 1 fully saturated rings. The van der Waals surface area contributed by atoms with E-state index in [1.54, 1.807) is 41.6 Å². The van der Waals surface area contributed by atoms with Crippen molar-refractivity contribution in [2.45, 2.75) is 26.8 Å². The third kappa shape index (κ3) is 4.25. The van der Waals surface area contributed by atoms with Crippen LogP contribution in [-0.2, 0) is 0 Å². The molecule has 1 aliphatic heterocycles. The van der Waals surface area contributed by atoms with Gasteiger partial charge in [-0.05, 0) is 25.0 Å². The minimum atomic E-state index is -0.279. The van der Waals surface area contributed by atoms with Gasteiger partial charge in [-0.1, -0.05) is 37.6 Å². The lowest BCUT2D eigenvalue weighted by Gasteiger charge is -2.25. The average Bonchev–Trinajstić information content (AvgIpc) is 2.99. The molecule has 0 bridgehead atoms. The molecule has 0 radical (unpaired) electrons. The third-order valence-electron chi connectivity index (χ3n) is 4.64. The Bertz CT molecular complexity index is 857. The summed E-state index contributed by atoms with van der Waals surface area (Å²) in [6.07, 6.45) is 3.09. The largest absolute Gasteiger partial charge is 0.491 e. The van der Waals surface area contributed by atoms with Crippen LogP contribution >= 0.6 is 11.6 Å². The van der Waals surface area contributed by atoms with Crippen molar-refractivity contribution in [1.29, 1.82) is 0 Å². The molecule has 8 heteroatoms. The van der Waals surface area contributed by atoms with Crippen molar-refractivity contribution in [1.82, 2.24) is 14.9 Å². The molecule has 0 N–H and O–H groups in total. The van der Waals surface area contributed by atoms with E-state index < -0.39 is 0 Å². The monoisotopic (exact) mass is 402 g/mol. The van der Waals surface area contributed by atoms with Gasteiger partial charge >= 0.3 is 6.03 Å². The van der Waals surface area contributed by atoms with Gasteiger partial charge in [0.15, 0.2) is 11.5 Å². The molecule has 1 aliphatic rings. The highest BCUT2D eigenvalue weighted by Gasteiger charge is 2.41. The number of carbonyl (C=O) groups excluding carboxylic acids is 2. The maximum atomic E-state index is 13.0. The van der Waals surface area contributed by atoms with Crippen molar-refractivity contribution in [3.05, 3.63) is 47.2 Å². The number of ketones is 1. The molecule has 3 rings (SSSR count). The normalized spacial score (nSPS) is 16.8. The molecule has 7 nitrogen and oxygen atoms in total. The fraction of sp³-hybridized carbons (Fsp3) is 0.400. The number of benzene rings is 1. The highest BCUT2D eigenvalue weighted by atomic mass is 35.5. The first kappa shape index (κ1) is 20.1. The zero-order valence-corrected chi connectivity index (χ0v) is 16.9. The molecule has 1 saturated heterocycles. The molecular weight excluding hydrogens is 380 g/mol. The van der Waals surface area contributed by atoms with Crippen molar-refractivity contribution >= 4 is 29.4 Å². The quantitative estimate of drug-likeness (QED) is 0.660. The highest BCUT2D eigenvalue weighted by molar-refractivity contribution is 6.31. The number of anilines is 1. The molecule has 2 amide bonds. The van der Waals surface area contributed by atoms with Crippen LogP contribution in [0.15, 0.2) is 36.7 Å². The van der Waals surface area contributed by atoms with E-state index in [0.29, 0.717) is 35.4 Å². The second-order valence-corrected chi connectivity index (χ2v) is 7.35. The third-order valence-corrected chi connectivity index (χ3v) is 4.88. The summed E-state index contributed by atoms with van der Waals surface area (Å²) >= 11 is 5.98. The lowest BCUT2D eigenvalue weighted by molar-refractivity contribution is 0.0926. The minimum Gasteiger partial charge on any atom is -0.491 e. The van der Waals surface area contributed by atoms with Gasteiger partial charge in [0, 0.05) is 10.6 Å². The molecule has 1 atom stereocenters.